The van der Waals surface area contributed by atoms with Gasteiger partial charge in [-0.1, -0.05) is 11.3 Å². The van der Waals surface area contributed by atoms with Gasteiger partial charge in [0.05, 0.1) is 25.4 Å². The first-order valence-electron chi connectivity index (χ1n) is 7.11. The molecule has 1 spiro atoms. The van der Waals surface area contributed by atoms with Gasteiger partial charge in [0.2, 0.25) is 5.13 Å². The van der Waals surface area contributed by atoms with E-state index in [0.717, 1.165) is 36.1 Å². The van der Waals surface area contributed by atoms with Crippen molar-refractivity contribution in [2.24, 2.45) is 5.41 Å². The molecule has 0 aromatic carbocycles. The van der Waals surface area contributed by atoms with Gasteiger partial charge in [0.15, 0.2) is 0 Å². The molecule has 2 N–H and O–H groups in total. The highest BCUT2D eigenvalue weighted by molar-refractivity contribution is 7.15. The zero-order valence-corrected chi connectivity index (χ0v) is 12.5. The molecule has 7 heteroatoms. The Morgan fingerprint density at radius 1 is 1.40 bits per heavy atom. The average Bonchev–Trinajstić information content (AvgIpc) is 2.90. The average molecular weight is 299 g/mol. The van der Waals surface area contributed by atoms with Crippen molar-refractivity contribution in [2.45, 2.75) is 38.4 Å². The summed E-state index contributed by atoms with van der Waals surface area (Å²) in [6.07, 6.45) is 2.32. The highest BCUT2D eigenvalue weighted by atomic mass is 32.1. The smallest absolute Gasteiger partial charge is 0.208 e. The fourth-order valence-electron chi connectivity index (χ4n) is 3.34. The third-order valence-corrected chi connectivity index (χ3v) is 5.53. The van der Waals surface area contributed by atoms with Gasteiger partial charge in [-0.2, -0.15) is 0 Å². The van der Waals surface area contributed by atoms with Crippen LogP contribution in [-0.2, 0) is 4.74 Å². The minimum absolute atomic E-state index is 0.0405. The Kier molecular flexibility index (Phi) is 3.94. The molecule has 1 saturated carbocycles. The number of hydrogen-bond acceptors (Lipinski definition) is 7. The predicted molar refractivity (Wildman–Crippen MR) is 76.0 cm³/mol. The van der Waals surface area contributed by atoms with E-state index in [2.05, 4.69) is 15.1 Å². The summed E-state index contributed by atoms with van der Waals surface area (Å²) in [6.45, 7) is 4.12. The number of piperidine rings is 1. The summed E-state index contributed by atoms with van der Waals surface area (Å²) in [6, 6.07) is 0. The molecule has 0 bridgehead atoms. The van der Waals surface area contributed by atoms with E-state index in [1.54, 1.807) is 11.3 Å². The first-order chi connectivity index (χ1) is 9.65. The lowest BCUT2D eigenvalue weighted by Crippen LogP contribution is -2.62. The molecule has 0 amide bonds. The first-order valence-corrected chi connectivity index (χ1v) is 7.93. The molecular weight excluding hydrogens is 278 g/mol. The van der Waals surface area contributed by atoms with Gasteiger partial charge < -0.3 is 19.8 Å². The molecule has 3 rings (SSSR count). The second kappa shape index (κ2) is 5.55. The lowest BCUT2D eigenvalue weighted by molar-refractivity contribution is -0.203. The first kappa shape index (κ1) is 14.2. The lowest BCUT2D eigenvalue weighted by Gasteiger charge is -2.56. The van der Waals surface area contributed by atoms with E-state index in [-0.39, 0.29) is 24.2 Å². The number of anilines is 1. The number of nitrogens with zero attached hydrogens (tertiary/aromatic N) is 3. The summed E-state index contributed by atoms with van der Waals surface area (Å²) >= 11 is 1.61. The van der Waals surface area contributed by atoms with Crippen LogP contribution in [0.1, 0.15) is 24.3 Å². The molecule has 2 aliphatic rings. The zero-order chi connectivity index (χ0) is 14.2. The summed E-state index contributed by atoms with van der Waals surface area (Å²) in [5.41, 5.74) is -0.120. The standard InChI is InChI=1S/C13H21N3O3S/c1-9-14-15-12(20-9)16-4-2-13(3-5-16)10(18)8-11(13)19-7-6-17/h10-11,17-18H,2-8H2,1H3/t10-,11+/m1/s1. The van der Waals surface area contributed by atoms with Crippen LogP contribution in [-0.4, -0.2) is 58.9 Å². The summed E-state index contributed by atoms with van der Waals surface area (Å²) < 4.78 is 5.68. The van der Waals surface area contributed by atoms with Crippen molar-refractivity contribution in [3.8, 4) is 0 Å². The van der Waals surface area contributed by atoms with Gasteiger partial charge in [-0.05, 0) is 19.8 Å². The van der Waals surface area contributed by atoms with Crippen LogP contribution in [0.3, 0.4) is 0 Å². The number of aromatic nitrogens is 2. The van der Waals surface area contributed by atoms with Crippen molar-refractivity contribution in [3.63, 3.8) is 0 Å². The zero-order valence-electron chi connectivity index (χ0n) is 11.7. The van der Waals surface area contributed by atoms with Gasteiger partial charge in [-0.15, -0.1) is 10.2 Å². The summed E-state index contributed by atoms with van der Waals surface area (Å²) in [4.78, 5) is 2.24. The second-order valence-corrected chi connectivity index (χ2v) is 6.82. The molecule has 1 aliphatic heterocycles. The van der Waals surface area contributed by atoms with Crippen molar-refractivity contribution in [3.05, 3.63) is 5.01 Å². The van der Waals surface area contributed by atoms with E-state index in [4.69, 9.17) is 9.84 Å². The van der Waals surface area contributed by atoms with Crippen molar-refractivity contribution in [1.82, 2.24) is 10.2 Å². The molecule has 112 valence electrons. The molecule has 6 nitrogen and oxygen atoms in total. The van der Waals surface area contributed by atoms with Crippen LogP contribution in [0.2, 0.25) is 0 Å². The quantitative estimate of drug-likeness (QED) is 0.846. The number of rotatable bonds is 4. The van der Waals surface area contributed by atoms with Crippen molar-refractivity contribution >= 4 is 16.5 Å². The van der Waals surface area contributed by atoms with E-state index >= 15 is 0 Å². The Labute approximate surface area is 122 Å². The Bertz CT molecular complexity index is 459. The Balaban J connectivity index is 1.62. The number of aliphatic hydroxyl groups excluding tert-OH is 2. The molecule has 2 fully saturated rings. The van der Waals surface area contributed by atoms with Crippen LogP contribution in [0.15, 0.2) is 0 Å². The van der Waals surface area contributed by atoms with Crippen LogP contribution in [0.5, 0.6) is 0 Å². The van der Waals surface area contributed by atoms with E-state index in [1.165, 1.54) is 0 Å². The highest BCUT2D eigenvalue weighted by Gasteiger charge is 2.56. The van der Waals surface area contributed by atoms with Crippen molar-refractivity contribution < 1.29 is 14.9 Å². The molecule has 2 atom stereocenters. The van der Waals surface area contributed by atoms with Gasteiger partial charge in [0.1, 0.15) is 5.01 Å². The Morgan fingerprint density at radius 2 is 2.15 bits per heavy atom. The van der Waals surface area contributed by atoms with Crippen LogP contribution < -0.4 is 4.90 Å². The topological polar surface area (TPSA) is 78.7 Å². The normalized spacial score (nSPS) is 28.6. The van der Waals surface area contributed by atoms with Crippen LogP contribution in [0, 0.1) is 12.3 Å². The number of aliphatic hydroxyl groups is 2. The fraction of sp³-hybridized carbons (Fsp3) is 0.846. The molecule has 1 aromatic heterocycles. The third kappa shape index (κ3) is 2.32. The SMILES string of the molecule is Cc1nnc(N2CCC3(CC2)[C@H](O)C[C@@H]3OCCO)s1. The highest BCUT2D eigenvalue weighted by Crippen LogP contribution is 2.51. The Morgan fingerprint density at radius 3 is 2.70 bits per heavy atom. The minimum Gasteiger partial charge on any atom is -0.394 e. The summed E-state index contributed by atoms with van der Waals surface area (Å²) in [5, 5.41) is 29.2. The maximum absolute atomic E-state index is 10.2. The molecule has 1 saturated heterocycles. The van der Waals surface area contributed by atoms with Crippen LogP contribution in [0.4, 0.5) is 5.13 Å². The Hall–Kier alpha value is -0.760. The molecule has 20 heavy (non-hydrogen) atoms. The molecule has 0 unspecified atom stereocenters. The molecular formula is C13H21N3O3S. The lowest BCUT2D eigenvalue weighted by atomic mass is 9.58. The van der Waals surface area contributed by atoms with Gasteiger partial charge >= 0.3 is 0 Å². The van der Waals surface area contributed by atoms with Crippen LogP contribution >= 0.6 is 11.3 Å². The minimum atomic E-state index is -0.274. The van der Waals surface area contributed by atoms with Crippen molar-refractivity contribution in [1.29, 1.82) is 0 Å². The maximum atomic E-state index is 10.2. The second-order valence-electron chi connectivity index (χ2n) is 5.66. The monoisotopic (exact) mass is 299 g/mol. The number of ether oxygens (including phenoxy) is 1. The molecule has 0 radical (unpaired) electrons. The molecule has 2 heterocycles. The van der Waals surface area contributed by atoms with Gasteiger partial charge in [0.25, 0.3) is 0 Å². The fourth-order valence-corrected chi connectivity index (χ4v) is 4.08. The predicted octanol–water partition coefficient (Wildman–Crippen LogP) is 0.575. The van der Waals surface area contributed by atoms with E-state index < -0.39 is 0 Å². The summed E-state index contributed by atoms with van der Waals surface area (Å²) in [7, 11) is 0. The molecule has 1 aromatic rings. The largest absolute Gasteiger partial charge is 0.394 e. The number of hydrogen-bond donors (Lipinski definition) is 2. The van der Waals surface area contributed by atoms with E-state index in [9.17, 15) is 5.11 Å². The van der Waals surface area contributed by atoms with Gasteiger partial charge in [-0.25, -0.2) is 0 Å². The van der Waals surface area contributed by atoms with Gasteiger partial charge in [-0.3, -0.25) is 0 Å². The van der Waals surface area contributed by atoms with Crippen molar-refractivity contribution in [2.75, 3.05) is 31.2 Å². The maximum Gasteiger partial charge on any atom is 0.208 e. The molecule has 1 aliphatic carbocycles. The third-order valence-electron chi connectivity index (χ3n) is 4.63. The van der Waals surface area contributed by atoms with Crippen LogP contribution in [0.25, 0.3) is 0 Å². The van der Waals surface area contributed by atoms with Gasteiger partial charge in [0, 0.05) is 24.9 Å². The summed E-state index contributed by atoms with van der Waals surface area (Å²) in [5.74, 6) is 0. The van der Waals surface area contributed by atoms with E-state index in [1.807, 2.05) is 6.92 Å². The number of aryl methyl sites for hydroxylation is 1. The van der Waals surface area contributed by atoms with E-state index in [0.29, 0.717) is 13.0 Å².